The van der Waals surface area contributed by atoms with Gasteiger partial charge in [-0.3, -0.25) is 0 Å². The normalized spacial score (nSPS) is 11.8. The highest BCUT2D eigenvalue weighted by Crippen LogP contribution is 2.17. The zero-order valence-corrected chi connectivity index (χ0v) is 12.4. The van der Waals surface area contributed by atoms with Crippen molar-refractivity contribution in [2.75, 3.05) is 26.9 Å². The predicted octanol–water partition coefficient (Wildman–Crippen LogP) is 2.48. The topological polar surface area (TPSA) is 59.6 Å². The van der Waals surface area contributed by atoms with Crippen LogP contribution in [-0.4, -0.2) is 32.9 Å². The van der Waals surface area contributed by atoms with Crippen molar-refractivity contribution in [1.82, 2.24) is 10.6 Å². The second-order valence-corrected chi connectivity index (χ2v) is 4.47. The molecule has 112 valence electrons. The summed E-state index contributed by atoms with van der Waals surface area (Å²) in [5.41, 5.74) is 1.04. The Hall–Kier alpha value is -1.75. The average molecular weight is 280 g/mol. The number of rotatable bonds is 8. The van der Waals surface area contributed by atoms with E-state index in [1.807, 2.05) is 38.1 Å². The van der Waals surface area contributed by atoms with Crippen LogP contribution in [0.25, 0.3) is 0 Å². The highest BCUT2D eigenvalue weighted by Gasteiger charge is 2.08. The van der Waals surface area contributed by atoms with Crippen molar-refractivity contribution >= 4 is 6.03 Å². The molecule has 20 heavy (non-hydrogen) atoms. The van der Waals surface area contributed by atoms with Crippen molar-refractivity contribution in [2.45, 2.75) is 26.3 Å². The quantitative estimate of drug-likeness (QED) is 0.719. The lowest BCUT2D eigenvalue weighted by molar-refractivity contribution is 0.193. The first kappa shape index (κ1) is 16.3. The van der Waals surface area contributed by atoms with Gasteiger partial charge in [-0.2, -0.15) is 0 Å². The van der Waals surface area contributed by atoms with Crippen LogP contribution in [0.4, 0.5) is 4.79 Å². The summed E-state index contributed by atoms with van der Waals surface area (Å²) in [6.45, 7) is 5.80. The molecule has 2 amide bonds. The molecule has 0 aliphatic carbocycles. The number of benzene rings is 1. The minimum absolute atomic E-state index is 0.0481. The lowest BCUT2D eigenvalue weighted by Crippen LogP contribution is -2.37. The van der Waals surface area contributed by atoms with Crippen molar-refractivity contribution in [3.63, 3.8) is 0 Å². The Bertz CT molecular complexity index is 393. The van der Waals surface area contributed by atoms with Gasteiger partial charge in [0.25, 0.3) is 0 Å². The first-order valence-electron chi connectivity index (χ1n) is 6.93. The molecule has 0 heterocycles. The minimum Gasteiger partial charge on any atom is -0.494 e. The number of methoxy groups -OCH3 is 1. The van der Waals surface area contributed by atoms with Gasteiger partial charge in [-0.1, -0.05) is 12.1 Å². The highest BCUT2D eigenvalue weighted by molar-refractivity contribution is 5.74. The van der Waals surface area contributed by atoms with Crippen LogP contribution in [0.5, 0.6) is 5.75 Å². The molecule has 0 saturated heterocycles. The van der Waals surface area contributed by atoms with Gasteiger partial charge in [0.2, 0.25) is 0 Å². The third kappa shape index (κ3) is 5.93. The van der Waals surface area contributed by atoms with Crippen molar-refractivity contribution in [3.05, 3.63) is 29.8 Å². The first-order valence-corrected chi connectivity index (χ1v) is 6.93. The Morgan fingerprint density at radius 1 is 1.30 bits per heavy atom. The third-order valence-corrected chi connectivity index (χ3v) is 2.85. The fraction of sp³-hybridized carbons (Fsp3) is 0.533. The maximum atomic E-state index is 11.7. The molecule has 5 heteroatoms. The van der Waals surface area contributed by atoms with E-state index >= 15 is 0 Å². The molecule has 0 spiro atoms. The van der Waals surface area contributed by atoms with Gasteiger partial charge in [0.15, 0.2) is 0 Å². The summed E-state index contributed by atoms with van der Waals surface area (Å²) in [5, 5.41) is 5.69. The van der Waals surface area contributed by atoms with Gasteiger partial charge in [-0.05, 0) is 38.0 Å². The van der Waals surface area contributed by atoms with Crippen molar-refractivity contribution in [2.24, 2.45) is 0 Å². The molecule has 0 aromatic heterocycles. The SMILES string of the molecule is CCOc1ccc(C(C)NC(=O)NCCCOC)cc1. The lowest BCUT2D eigenvalue weighted by atomic mass is 10.1. The van der Waals surface area contributed by atoms with E-state index in [4.69, 9.17) is 9.47 Å². The summed E-state index contributed by atoms with van der Waals surface area (Å²) in [4.78, 5) is 11.7. The number of hydrogen-bond donors (Lipinski definition) is 2. The third-order valence-electron chi connectivity index (χ3n) is 2.85. The molecule has 0 fully saturated rings. The van der Waals surface area contributed by atoms with E-state index in [1.54, 1.807) is 7.11 Å². The molecule has 0 radical (unpaired) electrons. The van der Waals surface area contributed by atoms with E-state index in [9.17, 15) is 4.79 Å². The maximum absolute atomic E-state index is 11.7. The summed E-state index contributed by atoms with van der Waals surface area (Å²) in [7, 11) is 1.65. The molecular weight excluding hydrogens is 256 g/mol. The molecule has 0 saturated carbocycles. The zero-order valence-electron chi connectivity index (χ0n) is 12.4. The molecule has 1 rings (SSSR count). The summed E-state index contributed by atoms with van der Waals surface area (Å²) in [6.07, 6.45) is 0.807. The summed E-state index contributed by atoms with van der Waals surface area (Å²) >= 11 is 0. The predicted molar refractivity (Wildman–Crippen MR) is 79.1 cm³/mol. The molecule has 0 bridgehead atoms. The van der Waals surface area contributed by atoms with Gasteiger partial charge in [-0.15, -0.1) is 0 Å². The molecule has 2 N–H and O–H groups in total. The molecular formula is C15H24N2O3. The summed E-state index contributed by atoms with van der Waals surface area (Å²) < 4.78 is 10.3. The fourth-order valence-electron chi connectivity index (χ4n) is 1.77. The van der Waals surface area contributed by atoms with Gasteiger partial charge in [0.05, 0.1) is 12.6 Å². The molecule has 0 aliphatic rings. The molecule has 5 nitrogen and oxygen atoms in total. The molecule has 1 aromatic rings. The van der Waals surface area contributed by atoms with Gasteiger partial charge in [0.1, 0.15) is 5.75 Å². The Balaban J connectivity index is 2.37. The number of amides is 2. The van der Waals surface area contributed by atoms with Gasteiger partial charge < -0.3 is 20.1 Å². The molecule has 1 unspecified atom stereocenters. The number of nitrogens with one attached hydrogen (secondary N) is 2. The fourth-order valence-corrected chi connectivity index (χ4v) is 1.77. The van der Waals surface area contributed by atoms with Crippen LogP contribution in [-0.2, 0) is 4.74 Å². The van der Waals surface area contributed by atoms with Crippen molar-refractivity contribution in [3.8, 4) is 5.75 Å². The molecule has 1 aromatic carbocycles. The van der Waals surface area contributed by atoms with Gasteiger partial charge in [0, 0.05) is 20.3 Å². The Kier molecular flexibility index (Phi) is 7.50. The van der Waals surface area contributed by atoms with Gasteiger partial charge in [-0.25, -0.2) is 4.79 Å². The van der Waals surface area contributed by atoms with Crippen LogP contribution in [0.2, 0.25) is 0 Å². The standard InChI is InChI=1S/C15H24N2O3/c1-4-20-14-8-6-13(7-9-14)12(2)17-15(18)16-10-5-11-19-3/h6-9,12H,4-5,10-11H2,1-3H3,(H2,16,17,18). The number of carbonyl (C=O) groups is 1. The van der Waals surface area contributed by atoms with E-state index in [2.05, 4.69) is 10.6 Å². The summed E-state index contributed by atoms with van der Waals surface area (Å²) in [6, 6.07) is 7.53. The number of urea groups is 1. The van der Waals surface area contributed by atoms with Gasteiger partial charge >= 0.3 is 6.03 Å². The average Bonchev–Trinajstić information content (AvgIpc) is 2.45. The smallest absolute Gasteiger partial charge is 0.315 e. The summed E-state index contributed by atoms with van der Waals surface area (Å²) in [5.74, 6) is 0.840. The Morgan fingerprint density at radius 2 is 2.00 bits per heavy atom. The van der Waals surface area contributed by atoms with Crippen LogP contribution in [0, 0.1) is 0 Å². The van der Waals surface area contributed by atoms with Crippen LogP contribution in [0.15, 0.2) is 24.3 Å². The van der Waals surface area contributed by atoms with Crippen LogP contribution in [0.3, 0.4) is 0 Å². The first-order chi connectivity index (χ1) is 9.67. The second kappa shape index (κ2) is 9.20. The highest BCUT2D eigenvalue weighted by atomic mass is 16.5. The number of carbonyl (C=O) groups excluding carboxylic acids is 1. The van der Waals surface area contributed by atoms with Crippen LogP contribution < -0.4 is 15.4 Å². The van der Waals surface area contributed by atoms with E-state index in [1.165, 1.54) is 0 Å². The van der Waals surface area contributed by atoms with E-state index in [0.717, 1.165) is 17.7 Å². The number of hydrogen-bond acceptors (Lipinski definition) is 3. The Morgan fingerprint density at radius 3 is 2.60 bits per heavy atom. The number of ether oxygens (including phenoxy) is 2. The monoisotopic (exact) mass is 280 g/mol. The van der Waals surface area contributed by atoms with E-state index < -0.39 is 0 Å². The Labute approximate surface area is 120 Å². The molecule has 1 atom stereocenters. The van der Waals surface area contributed by atoms with Crippen molar-refractivity contribution in [1.29, 1.82) is 0 Å². The largest absolute Gasteiger partial charge is 0.494 e. The van der Waals surface area contributed by atoms with Crippen molar-refractivity contribution < 1.29 is 14.3 Å². The van der Waals surface area contributed by atoms with Crippen LogP contribution >= 0.6 is 0 Å². The van der Waals surface area contributed by atoms with Crippen LogP contribution in [0.1, 0.15) is 31.9 Å². The van der Waals surface area contributed by atoms with E-state index in [-0.39, 0.29) is 12.1 Å². The van der Waals surface area contributed by atoms with E-state index in [0.29, 0.717) is 19.8 Å². The maximum Gasteiger partial charge on any atom is 0.315 e. The zero-order chi connectivity index (χ0) is 14.8. The lowest BCUT2D eigenvalue weighted by Gasteiger charge is -2.15. The second-order valence-electron chi connectivity index (χ2n) is 4.47. The minimum atomic E-state index is -0.164. The molecule has 0 aliphatic heterocycles.